The Morgan fingerprint density at radius 1 is 0.963 bits per heavy atom. The van der Waals surface area contributed by atoms with Gasteiger partial charge in [-0.2, -0.15) is 0 Å². The fourth-order valence-electron chi connectivity index (χ4n) is 4.41. The summed E-state index contributed by atoms with van der Waals surface area (Å²) in [7, 11) is 0. The van der Waals surface area contributed by atoms with Crippen LogP contribution in [0.5, 0.6) is 0 Å². The summed E-state index contributed by atoms with van der Waals surface area (Å²) < 4.78 is 0. The van der Waals surface area contributed by atoms with Crippen molar-refractivity contribution in [1.82, 2.24) is 14.8 Å². The highest BCUT2D eigenvalue weighted by Gasteiger charge is 2.37. The number of carbonyl (C=O) groups excluding carboxylic acids is 1. The Labute approximate surface area is 160 Å². The summed E-state index contributed by atoms with van der Waals surface area (Å²) in [6.45, 7) is 3.42. The van der Waals surface area contributed by atoms with E-state index >= 15 is 0 Å². The highest BCUT2D eigenvalue weighted by atomic mass is 16.3. The summed E-state index contributed by atoms with van der Waals surface area (Å²) >= 11 is 0. The second-order valence-corrected chi connectivity index (χ2v) is 7.69. The fraction of sp³-hybridized carbons (Fsp3) is 0.455. The minimum Gasteiger partial charge on any atom is -0.385 e. The highest BCUT2D eigenvalue weighted by Crippen LogP contribution is 2.34. The predicted molar refractivity (Wildman–Crippen MR) is 104 cm³/mol. The maximum atomic E-state index is 12.6. The minimum atomic E-state index is -0.699. The van der Waals surface area contributed by atoms with Gasteiger partial charge in [-0.3, -0.25) is 9.78 Å². The molecule has 0 radical (unpaired) electrons. The molecule has 0 unspecified atom stereocenters. The lowest BCUT2D eigenvalue weighted by Crippen LogP contribution is -2.51. The molecule has 2 aromatic rings. The Bertz CT molecular complexity index is 750. The van der Waals surface area contributed by atoms with Crippen LogP contribution >= 0.6 is 0 Å². The van der Waals surface area contributed by atoms with Gasteiger partial charge in [-0.25, -0.2) is 0 Å². The lowest BCUT2D eigenvalue weighted by atomic mass is 9.83. The average Bonchev–Trinajstić information content (AvgIpc) is 2.75. The van der Waals surface area contributed by atoms with E-state index < -0.39 is 5.60 Å². The molecule has 1 amide bonds. The molecule has 2 aliphatic heterocycles. The van der Waals surface area contributed by atoms with E-state index in [4.69, 9.17) is 0 Å². The molecule has 2 aliphatic rings. The van der Waals surface area contributed by atoms with Crippen LogP contribution in [-0.2, 0) is 5.60 Å². The van der Waals surface area contributed by atoms with Crippen LogP contribution in [0.15, 0.2) is 54.9 Å². The normalized spacial score (nSPS) is 21.1. The Balaban J connectivity index is 1.30. The van der Waals surface area contributed by atoms with Gasteiger partial charge < -0.3 is 14.9 Å². The molecule has 142 valence electrons. The topological polar surface area (TPSA) is 56.7 Å². The summed E-state index contributed by atoms with van der Waals surface area (Å²) in [5.74, 6) is 0.105. The van der Waals surface area contributed by atoms with Crippen molar-refractivity contribution in [2.24, 2.45) is 0 Å². The number of aromatic nitrogens is 1. The van der Waals surface area contributed by atoms with Gasteiger partial charge in [0, 0.05) is 50.2 Å². The number of nitrogens with zero attached hydrogens (tertiary/aromatic N) is 3. The van der Waals surface area contributed by atoms with E-state index in [2.05, 4.69) is 9.88 Å². The lowest BCUT2D eigenvalue weighted by molar-refractivity contribution is -0.0412. The van der Waals surface area contributed by atoms with Crippen LogP contribution < -0.4 is 0 Å². The summed E-state index contributed by atoms with van der Waals surface area (Å²) in [5.41, 5.74) is 1.05. The maximum absolute atomic E-state index is 12.6. The van der Waals surface area contributed by atoms with E-state index in [1.165, 1.54) is 0 Å². The monoisotopic (exact) mass is 365 g/mol. The molecule has 5 nitrogen and oxygen atoms in total. The first-order valence-electron chi connectivity index (χ1n) is 9.87. The van der Waals surface area contributed by atoms with Crippen molar-refractivity contribution in [3.63, 3.8) is 0 Å². The number of pyridine rings is 1. The second-order valence-electron chi connectivity index (χ2n) is 7.69. The zero-order valence-corrected chi connectivity index (χ0v) is 15.6. The molecule has 2 fully saturated rings. The summed E-state index contributed by atoms with van der Waals surface area (Å²) in [5, 5.41) is 11.0. The molecule has 2 saturated heterocycles. The van der Waals surface area contributed by atoms with Crippen molar-refractivity contribution in [1.29, 1.82) is 0 Å². The van der Waals surface area contributed by atoms with Crippen molar-refractivity contribution < 1.29 is 9.90 Å². The van der Waals surface area contributed by atoms with Crippen molar-refractivity contribution in [3.8, 4) is 0 Å². The maximum Gasteiger partial charge on any atom is 0.253 e. The molecular formula is C22H27N3O2. The Hall–Kier alpha value is -2.24. The molecule has 0 bridgehead atoms. The van der Waals surface area contributed by atoms with E-state index in [0.29, 0.717) is 11.6 Å². The second kappa shape index (κ2) is 7.79. The van der Waals surface area contributed by atoms with Gasteiger partial charge in [0.2, 0.25) is 0 Å². The third-order valence-corrected chi connectivity index (χ3v) is 6.13. The zero-order valence-electron chi connectivity index (χ0n) is 15.6. The highest BCUT2D eigenvalue weighted by molar-refractivity contribution is 5.94. The zero-order chi connectivity index (χ0) is 18.7. The SMILES string of the molecule is O=C(c1ccncc1)N1CCC(N2CCC(O)(c3ccccc3)CC2)CC1. The summed E-state index contributed by atoms with van der Waals surface area (Å²) in [6, 6.07) is 14.1. The first kappa shape index (κ1) is 18.1. The number of likely N-dealkylation sites (tertiary alicyclic amines) is 2. The number of piperidine rings is 2. The smallest absolute Gasteiger partial charge is 0.253 e. The van der Waals surface area contributed by atoms with Gasteiger partial charge in [0.1, 0.15) is 0 Å². The van der Waals surface area contributed by atoms with Crippen LogP contribution in [0.1, 0.15) is 41.6 Å². The molecule has 3 heterocycles. The molecule has 5 heteroatoms. The minimum absolute atomic E-state index is 0.105. The van der Waals surface area contributed by atoms with Crippen LogP contribution in [-0.4, -0.2) is 58.0 Å². The third kappa shape index (κ3) is 3.89. The van der Waals surface area contributed by atoms with E-state index in [9.17, 15) is 9.90 Å². The first-order valence-corrected chi connectivity index (χ1v) is 9.87. The Morgan fingerprint density at radius 2 is 1.59 bits per heavy atom. The van der Waals surface area contributed by atoms with Gasteiger partial charge >= 0.3 is 0 Å². The number of hydrogen-bond donors (Lipinski definition) is 1. The largest absolute Gasteiger partial charge is 0.385 e. The van der Waals surface area contributed by atoms with Crippen molar-refractivity contribution in [3.05, 3.63) is 66.0 Å². The molecule has 0 saturated carbocycles. The van der Waals surface area contributed by atoms with Gasteiger partial charge in [-0.15, -0.1) is 0 Å². The van der Waals surface area contributed by atoms with Crippen molar-refractivity contribution >= 4 is 5.91 Å². The number of aliphatic hydroxyl groups is 1. The van der Waals surface area contributed by atoms with Crippen LogP contribution in [0.4, 0.5) is 0 Å². The fourth-order valence-corrected chi connectivity index (χ4v) is 4.41. The molecule has 1 aromatic heterocycles. The molecule has 27 heavy (non-hydrogen) atoms. The average molecular weight is 365 g/mol. The number of benzene rings is 1. The standard InChI is InChI=1S/C22H27N3O2/c26-21(18-6-12-23-13-7-18)25-14-8-20(9-15-25)24-16-10-22(27,11-17-24)19-4-2-1-3-5-19/h1-7,12-13,20,27H,8-11,14-17H2. The number of hydrogen-bond acceptors (Lipinski definition) is 4. The van der Waals surface area contributed by atoms with E-state index in [1.54, 1.807) is 24.5 Å². The number of rotatable bonds is 3. The molecule has 0 spiro atoms. The number of amides is 1. The van der Waals surface area contributed by atoms with Gasteiger partial charge in [0.15, 0.2) is 0 Å². The third-order valence-electron chi connectivity index (χ3n) is 6.13. The Morgan fingerprint density at radius 3 is 2.22 bits per heavy atom. The van der Waals surface area contributed by atoms with Gasteiger partial charge in [-0.05, 0) is 43.4 Å². The summed E-state index contributed by atoms with van der Waals surface area (Å²) in [6.07, 6.45) is 6.88. The molecule has 0 atom stereocenters. The van der Waals surface area contributed by atoms with Crippen LogP contribution in [0.25, 0.3) is 0 Å². The quantitative estimate of drug-likeness (QED) is 0.909. The van der Waals surface area contributed by atoms with E-state index in [-0.39, 0.29) is 5.91 Å². The van der Waals surface area contributed by atoms with Gasteiger partial charge in [-0.1, -0.05) is 30.3 Å². The molecule has 4 rings (SSSR count). The van der Waals surface area contributed by atoms with Crippen LogP contribution in [0.2, 0.25) is 0 Å². The Kier molecular flexibility index (Phi) is 5.23. The van der Waals surface area contributed by atoms with E-state index in [1.807, 2.05) is 35.2 Å². The molecule has 0 aliphatic carbocycles. The molecule has 1 aromatic carbocycles. The molecular weight excluding hydrogens is 338 g/mol. The predicted octanol–water partition coefficient (Wildman–Crippen LogP) is 2.67. The van der Waals surface area contributed by atoms with Crippen molar-refractivity contribution in [2.45, 2.75) is 37.3 Å². The van der Waals surface area contributed by atoms with Crippen LogP contribution in [0.3, 0.4) is 0 Å². The van der Waals surface area contributed by atoms with Crippen LogP contribution in [0, 0.1) is 0 Å². The lowest BCUT2D eigenvalue weighted by Gasteiger charge is -2.44. The summed E-state index contributed by atoms with van der Waals surface area (Å²) in [4.78, 5) is 21.0. The van der Waals surface area contributed by atoms with Gasteiger partial charge in [0.25, 0.3) is 5.91 Å². The molecule has 1 N–H and O–H groups in total. The van der Waals surface area contributed by atoms with Crippen molar-refractivity contribution in [2.75, 3.05) is 26.2 Å². The first-order chi connectivity index (χ1) is 13.2. The number of carbonyl (C=O) groups is 1. The van der Waals surface area contributed by atoms with E-state index in [0.717, 1.165) is 57.4 Å². The van der Waals surface area contributed by atoms with Gasteiger partial charge in [0.05, 0.1) is 5.60 Å².